The minimum absolute atomic E-state index is 0.0512. The number of fused-ring (bicyclic) bond motifs is 3. The van der Waals surface area contributed by atoms with Gasteiger partial charge in [-0.3, -0.25) is 24.0 Å². The number of Topliss-reactive ketones (excluding diaryl/α,β-unsaturated/α-hetero) is 3. The summed E-state index contributed by atoms with van der Waals surface area (Å²) in [6.07, 6.45) is -0.115. The van der Waals surface area contributed by atoms with E-state index in [1.807, 2.05) is 6.92 Å². The van der Waals surface area contributed by atoms with Gasteiger partial charge in [-0.2, -0.15) is 0 Å². The summed E-state index contributed by atoms with van der Waals surface area (Å²) in [7, 11) is 0. The zero-order valence-corrected chi connectivity index (χ0v) is 38.2. The van der Waals surface area contributed by atoms with Gasteiger partial charge in [0.25, 0.3) is 0 Å². The predicted molar refractivity (Wildman–Crippen MR) is 229 cm³/mol. The van der Waals surface area contributed by atoms with E-state index in [-0.39, 0.29) is 52.8 Å². The van der Waals surface area contributed by atoms with Crippen LogP contribution < -0.4 is 0 Å². The first kappa shape index (κ1) is 47.9. The van der Waals surface area contributed by atoms with E-state index in [1.54, 1.807) is 46.8 Å². The van der Waals surface area contributed by atoms with Crippen LogP contribution >= 0.6 is 0 Å². The first-order valence-electron chi connectivity index (χ1n) is 23.1. The van der Waals surface area contributed by atoms with Crippen LogP contribution in [0.5, 0.6) is 5.75 Å². The highest BCUT2D eigenvalue weighted by atomic mass is 16.7. The normalized spacial score (nSPS) is 43.3. The van der Waals surface area contributed by atoms with Gasteiger partial charge in [0.05, 0.1) is 59.5 Å². The van der Waals surface area contributed by atoms with Gasteiger partial charge in [0.15, 0.2) is 59.7 Å². The van der Waals surface area contributed by atoms with Crippen molar-refractivity contribution in [2.75, 3.05) is 0 Å². The summed E-state index contributed by atoms with van der Waals surface area (Å²) >= 11 is 0. The molecule has 0 amide bonds. The van der Waals surface area contributed by atoms with Gasteiger partial charge < -0.3 is 63.1 Å². The van der Waals surface area contributed by atoms with Gasteiger partial charge in [0, 0.05) is 48.8 Å². The maximum atomic E-state index is 14.4. The van der Waals surface area contributed by atoms with Gasteiger partial charge in [-0.15, -0.1) is 0 Å². The molecule has 3 saturated heterocycles. The second kappa shape index (κ2) is 18.0. The predicted octanol–water partition coefficient (Wildman–Crippen LogP) is 3.39. The van der Waals surface area contributed by atoms with E-state index in [9.17, 15) is 44.4 Å². The lowest BCUT2D eigenvalue weighted by atomic mass is 9.57. The number of phenolic OH excluding ortho intramolecular Hbond substituents is 1. The Bertz CT molecular complexity index is 2320. The lowest BCUT2D eigenvalue weighted by molar-refractivity contribution is -0.292. The molecule has 0 aromatic heterocycles. The Morgan fingerprint density at radius 3 is 1.88 bits per heavy atom. The number of carbonyl (C=O) groups is 5. The average molecular weight is 935 g/mol. The number of hydrogen-bond acceptors (Lipinski definition) is 18. The van der Waals surface area contributed by atoms with E-state index >= 15 is 0 Å². The molecule has 17 atom stereocenters. The van der Waals surface area contributed by atoms with Crippen LogP contribution in [0.4, 0.5) is 0 Å². The van der Waals surface area contributed by atoms with E-state index in [0.29, 0.717) is 25.7 Å². The van der Waals surface area contributed by atoms with Crippen LogP contribution in [0.15, 0.2) is 59.7 Å². The van der Waals surface area contributed by atoms with Gasteiger partial charge in [-0.05, 0) is 90.8 Å². The first-order valence-corrected chi connectivity index (χ1v) is 23.1. The summed E-state index contributed by atoms with van der Waals surface area (Å²) in [6, 6.07) is 2.70. The molecule has 3 aliphatic carbocycles. The zero-order valence-electron chi connectivity index (χ0n) is 38.2. The molecule has 1 aromatic rings. The molecule has 5 heterocycles. The Balaban J connectivity index is 0.843. The Kier molecular flexibility index (Phi) is 12.9. The van der Waals surface area contributed by atoms with Crippen molar-refractivity contribution in [1.29, 1.82) is 0 Å². The summed E-state index contributed by atoms with van der Waals surface area (Å²) in [6.45, 7) is 10.2. The molecule has 1 saturated carbocycles. The third kappa shape index (κ3) is 8.67. The molecule has 0 spiro atoms. The monoisotopic (exact) mass is 934 g/mol. The molecule has 5 aliphatic heterocycles. The molecule has 18 nitrogen and oxygen atoms in total. The van der Waals surface area contributed by atoms with E-state index in [0.717, 1.165) is 6.08 Å². The van der Waals surface area contributed by atoms with Gasteiger partial charge in [-0.1, -0.05) is 12.1 Å². The molecule has 0 unspecified atom stereocenters. The number of aliphatic hydroxyl groups excluding tert-OH is 1. The number of hydrogen-bond donors (Lipinski definition) is 4. The Hall–Kier alpha value is -4.15. The molecular formula is C49H58O18. The Morgan fingerprint density at radius 1 is 0.701 bits per heavy atom. The van der Waals surface area contributed by atoms with Gasteiger partial charge in [0.2, 0.25) is 0 Å². The number of carbonyl (C=O) groups excluding carboxylic acids is 5. The van der Waals surface area contributed by atoms with Crippen LogP contribution in [0.1, 0.15) is 119 Å². The molecule has 18 heteroatoms. The van der Waals surface area contributed by atoms with Crippen molar-refractivity contribution in [3.63, 3.8) is 0 Å². The van der Waals surface area contributed by atoms with Crippen LogP contribution in [-0.2, 0) is 57.0 Å². The largest absolute Gasteiger partial charge is 0.507 e. The van der Waals surface area contributed by atoms with Crippen molar-refractivity contribution < 1.29 is 87.0 Å². The lowest BCUT2D eigenvalue weighted by Crippen LogP contribution is -2.69. The van der Waals surface area contributed by atoms with Crippen LogP contribution in [0.3, 0.4) is 0 Å². The second-order valence-corrected chi connectivity index (χ2v) is 19.3. The van der Waals surface area contributed by atoms with E-state index in [2.05, 4.69) is 0 Å². The van der Waals surface area contributed by atoms with Crippen molar-refractivity contribution in [2.24, 2.45) is 0 Å². The Labute approximate surface area is 386 Å². The molecule has 9 rings (SSSR count). The summed E-state index contributed by atoms with van der Waals surface area (Å²) in [4.78, 5) is 66.5. The van der Waals surface area contributed by atoms with Crippen molar-refractivity contribution in [3.8, 4) is 5.75 Å². The van der Waals surface area contributed by atoms with Gasteiger partial charge in [-0.25, -0.2) is 0 Å². The fraction of sp³-hybridized carbons (Fsp3) is 0.612. The standard InChI is InChI=1S/C49H58O18/c1-22-30(50)9-13-37(60-22)64-33-11-15-39(62-24(33)3)66-46-26(5)59-35(19-32(46)52)27-7-8-28-41(43(27)54)44(55)29-17-18-48(57)21-47(6,20-36(53)49(48,58)42(29)45(28)56)67-40-16-12-34(25(4)63-40)65-38-14-10-31(51)23(2)61-38/h7-10,13-14,17-18,22-26,32-35,37-40,46,52,54,57-58H,11-12,15-16,19-21H2,1-6H3/t22-,23-,24-,25-,26-,32+,33+,34-,35+,37-,38-,39-,40-,46+,47-,48-,49-/m0/s1. The number of ketones is 5. The summed E-state index contributed by atoms with van der Waals surface area (Å²) < 4.78 is 54.4. The zero-order chi connectivity index (χ0) is 47.9. The minimum Gasteiger partial charge on any atom is -0.507 e. The molecule has 0 radical (unpaired) electrons. The Morgan fingerprint density at radius 2 is 1.30 bits per heavy atom. The van der Waals surface area contributed by atoms with Crippen LogP contribution in [0.25, 0.3) is 0 Å². The molecule has 4 N–H and O–H groups in total. The molecule has 1 aromatic carbocycles. The number of ether oxygens (including phenoxy) is 9. The highest BCUT2D eigenvalue weighted by molar-refractivity contribution is 6.32. The smallest absolute Gasteiger partial charge is 0.198 e. The second-order valence-electron chi connectivity index (χ2n) is 19.3. The number of phenols is 1. The van der Waals surface area contributed by atoms with Crippen molar-refractivity contribution in [3.05, 3.63) is 76.4 Å². The van der Waals surface area contributed by atoms with Gasteiger partial charge in [0.1, 0.15) is 29.7 Å². The van der Waals surface area contributed by atoms with Crippen LogP contribution in [0.2, 0.25) is 0 Å². The SMILES string of the molecule is C[C@@H]1O[C@@H](O[C@H]2CC[C@H](O[C@@]3(C)CC(=O)[C@]4(O)C5=C(C=C[C@]4(O)C3)C(=O)c3c(ccc([C@H]4C[C@@H](O)[C@H](O[C@H]6CC[C@@H](O[C@H]7C=CC(=O)[C@H](C)O7)[C@H](C)O6)[C@H](C)O4)c3O)C5=O)O[C@H]2C)C=CC1=O. The highest BCUT2D eigenvalue weighted by Crippen LogP contribution is 2.53. The number of allylic oxidation sites excluding steroid dienone is 2. The number of aromatic hydroxyl groups is 1. The summed E-state index contributed by atoms with van der Waals surface area (Å²) in [5, 5.41) is 47.6. The van der Waals surface area contributed by atoms with E-state index < -0.39 is 132 Å². The van der Waals surface area contributed by atoms with E-state index in [4.69, 9.17) is 42.6 Å². The third-order valence-corrected chi connectivity index (χ3v) is 14.4. The van der Waals surface area contributed by atoms with Crippen LogP contribution in [0, 0.1) is 0 Å². The summed E-state index contributed by atoms with van der Waals surface area (Å²) in [5.74, 6) is -3.57. The third-order valence-electron chi connectivity index (χ3n) is 14.4. The van der Waals surface area contributed by atoms with Gasteiger partial charge >= 0.3 is 0 Å². The molecule has 67 heavy (non-hydrogen) atoms. The molecule has 4 fully saturated rings. The molecule has 8 aliphatic rings. The number of benzene rings is 1. The highest BCUT2D eigenvalue weighted by Gasteiger charge is 2.67. The first-order chi connectivity index (χ1) is 31.7. The van der Waals surface area contributed by atoms with Crippen molar-refractivity contribution in [2.45, 2.75) is 189 Å². The quantitative estimate of drug-likeness (QED) is 0.277. The lowest BCUT2D eigenvalue weighted by Gasteiger charge is -2.53. The molecular weight excluding hydrogens is 877 g/mol. The molecule has 0 bridgehead atoms. The van der Waals surface area contributed by atoms with Crippen molar-refractivity contribution >= 4 is 28.9 Å². The minimum atomic E-state index is -2.83. The van der Waals surface area contributed by atoms with E-state index in [1.165, 1.54) is 30.4 Å². The summed E-state index contributed by atoms with van der Waals surface area (Å²) in [5.41, 5.74) is -8.05. The number of rotatable bonds is 9. The van der Waals surface area contributed by atoms with Crippen LogP contribution in [-0.4, -0.2) is 146 Å². The van der Waals surface area contributed by atoms with Crippen molar-refractivity contribution in [1.82, 2.24) is 0 Å². The topological polar surface area (TPSA) is 249 Å². The molecule has 362 valence electrons. The fourth-order valence-electron chi connectivity index (χ4n) is 10.7. The number of aliphatic hydroxyl groups is 3. The maximum Gasteiger partial charge on any atom is 0.198 e. The fourth-order valence-corrected chi connectivity index (χ4v) is 10.7. The maximum absolute atomic E-state index is 14.4. The average Bonchev–Trinajstić information content (AvgIpc) is 3.26.